The number of likely N-dealkylation sites (N-methyl/N-ethyl adjacent to an activating group) is 1. The number of amides is 2. The summed E-state index contributed by atoms with van der Waals surface area (Å²) < 4.78 is 4.95. The van der Waals surface area contributed by atoms with Gasteiger partial charge >= 0.3 is 0 Å². The Bertz CT molecular complexity index is 785. The van der Waals surface area contributed by atoms with Crippen molar-refractivity contribution in [2.24, 2.45) is 0 Å². The number of carbonyl (C=O) groups excluding carboxylic acids is 2. The molecule has 1 N–H and O–H groups in total. The van der Waals surface area contributed by atoms with Gasteiger partial charge in [-0.2, -0.15) is 0 Å². The Morgan fingerprint density at radius 3 is 2.71 bits per heavy atom. The Morgan fingerprint density at radius 1 is 1.36 bits per heavy atom. The molecule has 1 aliphatic carbocycles. The molecule has 2 aromatic rings. The van der Waals surface area contributed by atoms with Crippen molar-refractivity contribution >= 4 is 34.1 Å². The van der Waals surface area contributed by atoms with Crippen LogP contribution in [-0.4, -0.2) is 52.5 Å². The second kappa shape index (κ2) is 9.29. The smallest absolute Gasteiger partial charge is 0.246 e. The molecular formula is C19H27N5O3S. The van der Waals surface area contributed by atoms with Gasteiger partial charge in [0.25, 0.3) is 0 Å². The molecule has 2 amide bonds. The molecule has 0 bridgehead atoms. The van der Waals surface area contributed by atoms with Gasteiger partial charge in [-0.1, -0.05) is 24.4 Å². The fourth-order valence-electron chi connectivity index (χ4n) is 3.47. The third-order valence-corrected chi connectivity index (χ3v) is 5.88. The first-order valence-corrected chi connectivity index (χ1v) is 10.5. The maximum atomic E-state index is 13.3. The first-order chi connectivity index (χ1) is 13.5. The second-order valence-electron chi connectivity index (χ2n) is 7.28. The van der Waals surface area contributed by atoms with Gasteiger partial charge in [0.1, 0.15) is 5.76 Å². The maximum Gasteiger partial charge on any atom is 0.246 e. The van der Waals surface area contributed by atoms with Crippen molar-refractivity contribution in [2.75, 3.05) is 23.8 Å². The van der Waals surface area contributed by atoms with Crippen molar-refractivity contribution in [1.29, 1.82) is 0 Å². The first-order valence-electron chi connectivity index (χ1n) is 9.61. The third-order valence-electron chi connectivity index (χ3n) is 5.11. The van der Waals surface area contributed by atoms with Crippen LogP contribution < -0.4 is 10.2 Å². The summed E-state index contributed by atoms with van der Waals surface area (Å²) in [5, 5.41) is 9.07. The molecule has 9 heteroatoms. The molecule has 1 saturated carbocycles. The monoisotopic (exact) mass is 405 g/mol. The summed E-state index contributed by atoms with van der Waals surface area (Å²) in [6, 6.07) is 1.38. The van der Waals surface area contributed by atoms with Gasteiger partial charge < -0.3 is 9.84 Å². The Morgan fingerprint density at radius 2 is 2.11 bits per heavy atom. The minimum atomic E-state index is -0.448. The summed E-state index contributed by atoms with van der Waals surface area (Å²) in [5.74, 6) is 0.739. The molecule has 8 nitrogen and oxygen atoms in total. The van der Waals surface area contributed by atoms with Gasteiger partial charge in [-0.05, 0) is 33.7 Å². The highest BCUT2D eigenvalue weighted by atomic mass is 32.1. The van der Waals surface area contributed by atoms with Crippen LogP contribution in [-0.2, 0) is 9.59 Å². The Labute approximate surface area is 168 Å². The Kier molecular flexibility index (Phi) is 6.79. The molecule has 0 saturated heterocycles. The number of hydrogen-bond donors (Lipinski definition) is 1. The van der Waals surface area contributed by atoms with E-state index in [1.807, 2.05) is 17.2 Å². The van der Waals surface area contributed by atoms with Crippen LogP contribution in [0.15, 0.2) is 22.2 Å². The van der Waals surface area contributed by atoms with E-state index < -0.39 is 6.04 Å². The van der Waals surface area contributed by atoms with Crippen molar-refractivity contribution in [3.63, 3.8) is 0 Å². The highest BCUT2D eigenvalue weighted by molar-refractivity contribution is 7.13. The fraction of sp³-hybridized carbons (Fsp3) is 0.579. The van der Waals surface area contributed by atoms with Crippen LogP contribution in [0, 0.1) is 6.92 Å². The SMILES string of the molecule is Cc1cc(NC(=O)CN(C)C(C)C(=O)N(c2nccs2)C2CCCCC2)no1. The van der Waals surface area contributed by atoms with Gasteiger partial charge in [0.15, 0.2) is 10.9 Å². The van der Waals surface area contributed by atoms with Crippen LogP contribution in [0.4, 0.5) is 10.9 Å². The van der Waals surface area contributed by atoms with Gasteiger partial charge in [-0.3, -0.25) is 19.4 Å². The van der Waals surface area contributed by atoms with Gasteiger partial charge in [-0.15, -0.1) is 11.3 Å². The van der Waals surface area contributed by atoms with E-state index in [0.29, 0.717) is 11.6 Å². The Hall–Kier alpha value is -2.26. The summed E-state index contributed by atoms with van der Waals surface area (Å²) in [6.07, 6.45) is 7.19. The van der Waals surface area contributed by atoms with Crippen LogP contribution in [0.5, 0.6) is 0 Å². The number of rotatable bonds is 7. The zero-order valence-electron chi connectivity index (χ0n) is 16.6. The highest BCUT2D eigenvalue weighted by Gasteiger charge is 2.33. The lowest BCUT2D eigenvalue weighted by atomic mass is 9.94. The van der Waals surface area contributed by atoms with E-state index in [-0.39, 0.29) is 24.4 Å². The minimum absolute atomic E-state index is 0.0190. The number of nitrogens with zero attached hydrogens (tertiary/aromatic N) is 4. The lowest BCUT2D eigenvalue weighted by molar-refractivity contribution is -0.124. The zero-order chi connectivity index (χ0) is 20.1. The summed E-state index contributed by atoms with van der Waals surface area (Å²) >= 11 is 1.48. The van der Waals surface area contributed by atoms with Gasteiger partial charge in [0.2, 0.25) is 11.8 Å². The van der Waals surface area contributed by atoms with Gasteiger partial charge in [0.05, 0.1) is 12.6 Å². The molecule has 0 radical (unpaired) electrons. The van der Waals surface area contributed by atoms with Crippen LogP contribution in [0.2, 0.25) is 0 Å². The van der Waals surface area contributed by atoms with E-state index in [4.69, 9.17) is 4.52 Å². The molecule has 2 heterocycles. The normalized spacial score (nSPS) is 16.1. The molecule has 2 aromatic heterocycles. The number of nitrogens with one attached hydrogen (secondary N) is 1. The molecule has 1 unspecified atom stereocenters. The van der Waals surface area contributed by atoms with E-state index in [2.05, 4.69) is 15.5 Å². The maximum absolute atomic E-state index is 13.3. The van der Waals surface area contributed by atoms with Crippen LogP contribution in [0.3, 0.4) is 0 Å². The van der Waals surface area contributed by atoms with E-state index in [0.717, 1.165) is 30.8 Å². The molecular weight excluding hydrogens is 378 g/mol. The quantitative estimate of drug-likeness (QED) is 0.761. The third kappa shape index (κ3) is 4.96. The number of aromatic nitrogens is 2. The molecule has 152 valence electrons. The zero-order valence-corrected chi connectivity index (χ0v) is 17.4. The summed E-state index contributed by atoms with van der Waals surface area (Å²) in [5.41, 5.74) is 0. The van der Waals surface area contributed by atoms with E-state index in [1.165, 1.54) is 17.8 Å². The number of thiazole rings is 1. The number of aryl methyl sites for hydroxylation is 1. The number of carbonyl (C=O) groups is 2. The van der Waals surface area contributed by atoms with Crippen LogP contribution in [0.25, 0.3) is 0 Å². The van der Waals surface area contributed by atoms with E-state index in [1.54, 1.807) is 31.1 Å². The van der Waals surface area contributed by atoms with Crippen molar-refractivity contribution in [3.8, 4) is 0 Å². The average Bonchev–Trinajstić information content (AvgIpc) is 3.34. The molecule has 0 aromatic carbocycles. The largest absolute Gasteiger partial charge is 0.360 e. The van der Waals surface area contributed by atoms with Gasteiger partial charge in [-0.25, -0.2) is 4.98 Å². The molecule has 3 rings (SSSR count). The molecule has 0 aliphatic heterocycles. The summed E-state index contributed by atoms with van der Waals surface area (Å²) in [7, 11) is 1.77. The second-order valence-corrected chi connectivity index (χ2v) is 8.15. The fourth-order valence-corrected chi connectivity index (χ4v) is 4.18. The van der Waals surface area contributed by atoms with Crippen molar-refractivity contribution in [3.05, 3.63) is 23.4 Å². The lowest BCUT2D eigenvalue weighted by Crippen LogP contribution is -2.51. The highest BCUT2D eigenvalue weighted by Crippen LogP contribution is 2.29. The molecule has 0 spiro atoms. The Balaban J connectivity index is 1.65. The molecule has 1 atom stereocenters. The molecule has 1 fully saturated rings. The minimum Gasteiger partial charge on any atom is -0.360 e. The summed E-state index contributed by atoms with van der Waals surface area (Å²) in [6.45, 7) is 3.67. The van der Waals surface area contributed by atoms with Gasteiger partial charge in [0, 0.05) is 23.7 Å². The van der Waals surface area contributed by atoms with Crippen LogP contribution in [0.1, 0.15) is 44.8 Å². The number of hydrogen-bond acceptors (Lipinski definition) is 7. The van der Waals surface area contributed by atoms with Crippen molar-refractivity contribution < 1.29 is 14.1 Å². The lowest BCUT2D eigenvalue weighted by Gasteiger charge is -2.36. The standard InChI is InChI=1S/C19H27N5O3S/c1-13-11-16(22-27-13)21-17(25)12-23(3)14(2)18(26)24(19-20-9-10-28-19)15-7-5-4-6-8-15/h9-11,14-15H,4-8,12H2,1-3H3,(H,21,22,25). The van der Waals surface area contributed by atoms with Crippen molar-refractivity contribution in [1.82, 2.24) is 15.0 Å². The van der Waals surface area contributed by atoms with Crippen LogP contribution >= 0.6 is 11.3 Å². The van der Waals surface area contributed by atoms with E-state index >= 15 is 0 Å². The summed E-state index contributed by atoms with van der Waals surface area (Å²) in [4.78, 5) is 33.6. The van der Waals surface area contributed by atoms with E-state index in [9.17, 15) is 9.59 Å². The average molecular weight is 406 g/mol. The number of anilines is 2. The first kappa shape index (κ1) is 20.5. The predicted octanol–water partition coefficient (Wildman–Crippen LogP) is 3.06. The predicted molar refractivity (Wildman–Crippen MR) is 108 cm³/mol. The van der Waals surface area contributed by atoms with Crippen molar-refractivity contribution in [2.45, 2.75) is 58.0 Å². The molecule has 1 aliphatic rings. The molecule has 28 heavy (non-hydrogen) atoms. The topological polar surface area (TPSA) is 91.6 Å².